The normalized spacial score (nSPS) is 22.8. The van der Waals surface area contributed by atoms with Gasteiger partial charge in [-0.05, 0) is 37.3 Å². The highest BCUT2D eigenvalue weighted by atomic mass is 16.5. The number of nitrogens with zero attached hydrogens (tertiary/aromatic N) is 3. The van der Waals surface area contributed by atoms with Gasteiger partial charge in [-0.2, -0.15) is 0 Å². The van der Waals surface area contributed by atoms with Gasteiger partial charge >= 0.3 is 6.03 Å². The predicted molar refractivity (Wildman–Crippen MR) is 98.1 cm³/mol. The van der Waals surface area contributed by atoms with Gasteiger partial charge < -0.3 is 15.0 Å². The molecule has 0 spiro atoms. The SMILES string of the molecule is CC(C)CCNC(=O)n1cnc2c(N3CC4CCC(C3)O4)cccc21. The van der Waals surface area contributed by atoms with Crippen molar-refractivity contribution in [3.8, 4) is 0 Å². The van der Waals surface area contributed by atoms with Crippen LogP contribution in [0.25, 0.3) is 11.0 Å². The van der Waals surface area contributed by atoms with Crippen LogP contribution in [0.4, 0.5) is 10.5 Å². The maximum absolute atomic E-state index is 12.5. The van der Waals surface area contributed by atoms with Gasteiger partial charge in [0.25, 0.3) is 0 Å². The Bertz CT molecular complexity index is 758. The first-order valence-corrected chi connectivity index (χ1v) is 9.26. The molecule has 2 atom stereocenters. The van der Waals surface area contributed by atoms with Crippen LogP contribution in [0.15, 0.2) is 24.5 Å². The molecule has 0 aliphatic carbocycles. The Hall–Kier alpha value is -2.08. The number of morpholine rings is 1. The van der Waals surface area contributed by atoms with Gasteiger partial charge in [0.15, 0.2) is 0 Å². The van der Waals surface area contributed by atoms with Crippen LogP contribution >= 0.6 is 0 Å². The van der Waals surface area contributed by atoms with E-state index in [1.807, 2.05) is 12.1 Å². The van der Waals surface area contributed by atoms with Gasteiger partial charge in [0, 0.05) is 19.6 Å². The number of hydrogen-bond donors (Lipinski definition) is 1. The average Bonchev–Trinajstić information content (AvgIpc) is 3.17. The maximum Gasteiger partial charge on any atom is 0.327 e. The topological polar surface area (TPSA) is 59.4 Å². The second-order valence-corrected chi connectivity index (χ2v) is 7.54. The molecule has 6 heteroatoms. The molecule has 25 heavy (non-hydrogen) atoms. The fourth-order valence-electron chi connectivity index (χ4n) is 3.81. The van der Waals surface area contributed by atoms with Crippen LogP contribution in [0.3, 0.4) is 0 Å². The van der Waals surface area contributed by atoms with Crippen LogP contribution < -0.4 is 10.2 Å². The summed E-state index contributed by atoms with van der Waals surface area (Å²) in [6.07, 6.45) is 5.55. The van der Waals surface area contributed by atoms with E-state index < -0.39 is 0 Å². The lowest BCUT2D eigenvalue weighted by Gasteiger charge is -2.33. The van der Waals surface area contributed by atoms with Crippen LogP contribution in [0.5, 0.6) is 0 Å². The van der Waals surface area contributed by atoms with Crippen molar-refractivity contribution in [2.45, 2.75) is 45.3 Å². The molecule has 3 heterocycles. The van der Waals surface area contributed by atoms with Gasteiger partial charge in [-0.15, -0.1) is 0 Å². The number of imidazole rings is 1. The summed E-state index contributed by atoms with van der Waals surface area (Å²) in [5.74, 6) is 0.572. The first kappa shape index (κ1) is 16.4. The molecule has 1 amide bonds. The van der Waals surface area contributed by atoms with Gasteiger partial charge in [-0.3, -0.25) is 4.57 Å². The van der Waals surface area contributed by atoms with Gasteiger partial charge in [0.1, 0.15) is 11.8 Å². The van der Waals surface area contributed by atoms with Gasteiger partial charge in [0.2, 0.25) is 0 Å². The standard InChI is InChI=1S/C19H26N4O2/c1-13(2)8-9-20-19(24)23-12-21-18-16(4-3-5-17(18)23)22-10-14-6-7-15(11-22)25-14/h3-5,12-15H,6-11H2,1-2H3,(H,20,24). The number of nitrogens with one attached hydrogen (secondary N) is 1. The Balaban J connectivity index is 1.57. The number of aromatic nitrogens is 2. The summed E-state index contributed by atoms with van der Waals surface area (Å²) < 4.78 is 7.56. The van der Waals surface area contributed by atoms with Crippen molar-refractivity contribution < 1.29 is 9.53 Å². The molecule has 2 aliphatic heterocycles. The monoisotopic (exact) mass is 342 g/mol. The number of carbonyl (C=O) groups is 1. The molecular formula is C19H26N4O2. The van der Waals surface area contributed by atoms with E-state index in [9.17, 15) is 4.79 Å². The zero-order chi connectivity index (χ0) is 17.4. The molecule has 0 saturated carbocycles. The minimum Gasteiger partial charge on any atom is -0.371 e. The van der Waals surface area contributed by atoms with E-state index in [4.69, 9.17) is 4.74 Å². The average molecular weight is 342 g/mol. The number of carbonyl (C=O) groups excluding carboxylic acids is 1. The van der Waals surface area contributed by atoms with Crippen molar-refractivity contribution in [3.05, 3.63) is 24.5 Å². The van der Waals surface area contributed by atoms with Gasteiger partial charge in [-0.25, -0.2) is 9.78 Å². The summed E-state index contributed by atoms with van der Waals surface area (Å²) >= 11 is 0. The molecule has 2 aliphatic rings. The number of rotatable bonds is 4. The summed E-state index contributed by atoms with van der Waals surface area (Å²) in [6, 6.07) is 5.96. The molecule has 1 aromatic carbocycles. The molecule has 2 fully saturated rings. The van der Waals surface area contributed by atoms with E-state index in [2.05, 4.69) is 35.1 Å². The van der Waals surface area contributed by atoms with Crippen molar-refractivity contribution in [3.63, 3.8) is 0 Å². The first-order valence-electron chi connectivity index (χ1n) is 9.26. The molecule has 134 valence electrons. The highest BCUT2D eigenvalue weighted by Crippen LogP contribution is 2.33. The van der Waals surface area contributed by atoms with E-state index in [0.29, 0.717) is 24.7 Å². The third-order valence-corrected chi connectivity index (χ3v) is 5.16. The fourth-order valence-corrected chi connectivity index (χ4v) is 3.81. The van der Waals surface area contributed by atoms with Crippen LogP contribution in [0.2, 0.25) is 0 Å². The molecule has 1 N–H and O–H groups in total. The van der Waals surface area contributed by atoms with Crippen molar-refractivity contribution in [1.29, 1.82) is 0 Å². The van der Waals surface area contributed by atoms with Gasteiger partial charge in [-0.1, -0.05) is 19.9 Å². The number of benzene rings is 1. The van der Waals surface area contributed by atoms with Crippen LogP contribution in [0, 0.1) is 5.92 Å². The molecule has 2 saturated heterocycles. The van der Waals surface area contributed by atoms with Crippen molar-refractivity contribution in [2.24, 2.45) is 5.92 Å². The maximum atomic E-state index is 12.5. The third kappa shape index (κ3) is 3.23. The number of ether oxygens (including phenoxy) is 1. The molecule has 2 unspecified atom stereocenters. The van der Waals surface area contributed by atoms with E-state index in [-0.39, 0.29) is 6.03 Å². The van der Waals surface area contributed by atoms with Crippen LogP contribution in [-0.2, 0) is 4.74 Å². The van der Waals surface area contributed by atoms with E-state index >= 15 is 0 Å². The fraction of sp³-hybridized carbons (Fsp3) is 0.579. The first-order chi connectivity index (χ1) is 12.1. The lowest BCUT2D eigenvalue weighted by Crippen LogP contribution is -2.42. The Morgan fingerprint density at radius 1 is 1.32 bits per heavy atom. The van der Waals surface area contributed by atoms with Crippen molar-refractivity contribution >= 4 is 22.8 Å². The zero-order valence-electron chi connectivity index (χ0n) is 14.9. The highest BCUT2D eigenvalue weighted by molar-refractivity contribution is 5.95. The minimum atomic E-state index is -0.109. The molecule has 2 aromatic rings. The predicted octanol–water partition coefficient (Wildman–Crippen LogP) is 3.01. The third-order valence-electron chi connectivity index (χ3n) is 5.16. The quantitative estimate of drug-likeness (QED) is 0.928. The van der Waals surface area contributed by atoms with E-state index in [1.165, 1.54) is 0 Å². The lowest BCUT2D eigenvalue weighted by atomic mass is 10.1. The van der Waals surface area contributed by atoms with E-state index in [0.717, 1.165) is 49.1 Å². The van der Waals surface area contributed by atoms with E-state index in [1.54, 1.807) is 10.9 Å². The number of para-hydroxylation sites is 1. The van der Waals surface area contributed by atoms with Crippen molar-refractivity contribution in [1.82, 2.24) is 14.9 Å². The minimum absolute atomic E-state index is 0.109. The Labute approximate surface area is 148 Å². The number of fused-ring (bicyclic) bond motifs is 3. The van der Waals surface area contributed by atoms with Crippen LogP contribution in [-0.4, -0.2) is 47.4 Å². The van der Waals surface area contributed by atoms with Crippen LogP contribution in [0.1, 0.15) is 33.1 Å². The largest absolute Gasteiger partial charge is 0.371 e. The number of hydrogen-bond acceptors (Lipinski definition) is 4. The molecule has 6 nitrogen and oxygen atoms in total. The smallest absolute Gasteiger partial charge is 0.327 e. The molecule has 0 radical (unpaired) electrons. The summed E-state index contributed by atoms with van der Waals surface area (Å²) in [7, 11) is 0. The summed E-state index contributed by atoms with van der Waals surface area (Å²) in [6.45, 7) is 6.80. The zero-order valence-corrected chi connectivity index (χ0v) is 14.9. The van der Waals surface area contributed by atoms with Crippen molar-refractivity contribution in [2.75, 3.05) is 24.5 Å². The summed E-state index contributed by atoms with van der Waals surface area (Å²) in [5.41, 5.74) is 2.85. The Morgan fingerprint density at radius 3 is 2.80 bits per heavy atom. The summed E-state index contributed by atoms with van der Waals surface area (Å²) in [5, 5.41) is 2.98. The molecular weight excluding hydrogens is 316 g/mol. The Kier molecular flexibility index (Phi) is 4.37. The second kappa shape index (κ2) is 6.67. The molecule has 4 rings (SSSR count). The van der Waals surface area contributed by atoms with Gasteiger partial charge in [0.05, 0.1) is 23.4 Å². The summed E-state index contributed by atoms with van der Waals surface area (Å²) in [4.78, 5) is 19.4. The number of amides is 1. The highest BCUT2D eigenvalue weighted by Gasteiger charge is 2.34. The molecule has 2 bridgehead atoms. The second-order valence-electron chi connectivity index (χ2n) is 7.54. The molecule has 1 aromatic heterocycles. The lowest BCUT2D eigenvalue weighted by molar-refractivity contribution is 0.0306. The number of anilines is 1. The Morgan fingerprint density at radius 2 is 2.08 bits per heavy atom.